The number of fused-ring (bicyclic) bond motifs is 3. The Labute approximate surface area is 116 Å². The third-order valence-corrected chi connectivity index (χ3v) is 5.04. The highest BCUT2D eigenvalue weighted by Gasteiger charge is 2.65. The molecule has 2 aliphatic carbocycles. The van der Waals surface area contributed by atoms with E-state index >= 15 is 0 Å². The van der Waals surface area contributed by atoms with Gasteiger partial charge >= 0.3 is 5.97 Å². The summed E-state index contributed by atoms with van der Waals surface area (Å²) >= 11 is 0. The van der Waals surface area contributed by atoms with Crippen LogP contribution in [-0.2, 0) is 14.3 Å². The predicted octanol–water partition coefficient (Wildman–Crippen LogP) is 0.505. The minimum atomic E-state index is -1.64. The van der Waals surface area contributed by atoms with Crippen molar-refractivity contribution in [2.75, 3.05) is 0 Å². The molecule has 0 bridgehead atoms. The fourth-order valence-corrected chi connectivity index (χ4v) is 3.95. The number of allylic oxidation sites excluding steroid dienone is 1. The van der Waals surface area contributed by atoms with Crippen LogP contribution in [0.3, 0.4) is 0 Å². The first-order valence-electron chi connectivity index (χ1n) is 6.76. The lowest BCUT2D eigenvalue weighted by atomic mass is 9.72. The lowest BCUT2D eigenvalue weighted by Crippen LogP contribution is -2.56. The van der Waals surface area contributed by atoms with Crippen molar-refractivity contribution < 1.29 is 24.5 Å². The van der Waals surface area contributed by atoms with Crippen molar-refractivity contribution in [3.63, 3.8) is 0 Å². The number of ketones is 1. The highest BCUT2D eigenvalue weighted by Crippen LogP contribution is 2.53. The molecule has 3 rings (SSSR count). The lowest BCUT2D eigenvalue weighted by molar-refractivity contribution is -0.168. The van der Waals surface area contributed by atoms with Gasteiger partial charge in [-0.1, -0.05) is 6.58 Å². The molecule has 1 saturated carbocycles. The molecule has 0 amide bonds. The summed E-state index contributed by atoms with van der Waals surface area (Å²) in [7, 11) is 0. The molecule has 108 valence electrons. The van der Waals surface area contributed by atoms with Crippen molar-refractivity contribution in [1.82, 2.24) is 0 Å². The Morgan fingerprint density at radius 2 is 2.05 bits per heavy atom. The number of esters is 1. The molecular weight excluding hydrogens is 260 g/mol. The van der Waals surface area contributed by atoms with E-state index in [1.807, 2.05) is 0 Å². The summed E-state index contributed by atoms with van der Waals surface area (Å²) in [6, 6.07) is 0. The Bertz CT molecular complexity index is 559. The average Bonchev–Trinajstić information content (AvgIpc) is 2.71. The lowest BCUT2D eigenvalue weighted by Gasteiger charge is -2.40. The van der Waals surface area contributed by atoms with Crippen LogP contribution in [0.15, 0.2) is 23.8 Å². The molecule has 0 aromatic carbocycles. The van der Waals surface area contributed by atoms with E-state index in [1.165, 1.54) is 6.08 Å². The Hall–Kier alpha value is -1.46. The second-order valence-electron chi connectivity index (χ2n) is 6.34. The Morgan fingerprint density at radius 1 is 1.40 bits per heavy atom. The molecule has 0 aromatic heterocycles. The summed E-state index contributed by atoms with van der Waals surface area (Å²) in [5.41, 5.74) is -2.23. The van der Waals surface area contributed by atoms with Gasteiger partial charge in [0, 0.05) is 11.5 Å². The van der Waals surface area contributed by atoms with Crippen molar-refractivity contribution in [2.45, 2.75) is 44.0 Å². The number of aliphatic hydroxyl groups is 2. The fourth-order valence-electron chi connectivity index (χ4n) is 3.95. The van der Waals surface area contributed by atoms with Gasteiger partial charge < -0.3 is 14.9 Å². The van der Waals surface area contributed by atoms with Gasteiger partial charge in [0.05, 0.1) is 11.5 Å². The molecule has 3 aliphatic rings. The van der Waals surface area contributed by atoms with E-state index in [1.54, 1.807) is 13.8 Å². The number of carbonyl (C=O) groups excluding carboxylic acids is 2. The summed E-state index contributed by atoms with van der Waals surface area (Å²) in [5.74, 6) is -2.20. The molecular formula is C15H18O5. The van der Waals surface area contributed by atoms with E-state index < -0.39 is 29.2 Å². The number of hydrogen-bond acceptors (Lipinski definition) is 5. The van der Waals surface area contributed by atoms with Gasteiger partial charge in [-0.05, 0) is 38.3 Å². The van der Waals surface area contributed by atoms with E-state index in [-0.39, 0.29) is 11.7 Å². The van der Waals surface area contributed by atoms with Gasteiger partial charge in [-0.3, -0.25) is 4.79 Å². The molecule has 1 aliphatic heterocycles. The molecule has 2 N–H and O–H groups in total. The third kappa shape index (κ3) is 1.45. The second-order valence-corrected chi connectivity index (χ2v) is 6.34. The van der Waals surface area contributed by atoms with Crippen LogP contribution in [0.5, 0.6) is 0 Å². The van der Waals surface area contributed by atoms with E-state index in [2.05, 4.69) is 6.58 Å². The SMILES string of the molecule is C=C1C(=O)O[C@@H]2[C@@H]1CC[C@@](C)(O)[C@H]1C(=O)C=C(C)[C@@]21O. The van der Waals surface area contributed by atoms with E-state index in [0.29, 0.717) is 24.0 Å². The maximum absolute atomic E-state index is 12.2. The Kier molecular flexibility index (Phi) is 2.57. The highest BCUT2D eigenvalue weighted by atomic mass is 16.6. The van der Waals surface area contributed by atoms with Crippen molar-refractivity contribution in [2.24, 2.45) is 11.8 Å². The van der Waals surface area contributed by atoms with Gasteiger partial charge in [0.2, 0.25) is 0 Å². The minimum Gasteiger partial charge on any atom is -0.455 e. The Balaban J connectivity index is 2.17. The van der Waals surface area contributed by atoms with E-state index in [0.717, 1.165) is 0 Å². The normalized spacial score (nSPS) is 47.5. The average molecular weight is 278 g/mol. The van der Waals surface area contributed by atoms with Gasteiger partial charge in [-0.2, -0.15) is 0 Å². The van der Waals surface area contributed by atoms with Gasteiger partial charge in [-0.25, -0.2) is 4.79 Å². The molecule has 1 saturated heterocycles. The van der Waals surface area contributed by atoms with Crippen molar-refractivity contribution in [3.05, 3.63) is 23.8 Å². The van der Waals surface area contributed by atoms with Crippen LogP contribution in [0, 0.1) is 11.8 Å². The number of rotatable bonds is 0. The molecule has 5 heteroatoms. The summed E-state index contributed by atoms with van der Waals surface area (Å²) in [5, 5.41) is 21.7. The van der Waals surface area contributed by atoms with Gasteiger partial charge in [0.15, 0.2) is 5.78 Å². The maximum Gasteiger partial charge on any atom is 0.334 e. The zero-order valence-corrected chi connectivity index (χ0v) is 11.5. The smallest absolute Gasteiger partial charge is 0.334 e. The first-order chi connectivity index (χ1) is 9.19. The standard InChI is InChI=1S/C15H18O5/c1-7-6-10(16)11-14(3,18)5-4-9-8(2)13(17)20-12(9)15(7,11)19/h6,9,11-12,18-19H,2,4-5H2,1,3H3/t9-,11-,12-,14-,15+/m1/s1. The molecule has 20 heavy (non-hydrogen) atoms. The van der Waals surface area contributed by atoms with Crippen LogP contribution in [0.4, 0.5) is 0 Å². The zero-order valence-electron chi connectivity index (χ0n) is 11.5. The summed E-state index contributed by atoms with van der Waals surface area (Å²) in [6.45, 7) is 6.91. The number of hydrogen-bond donors (Lipinski definition) is 2. The quantitative estimate of drug-likeness (QED) is 0.498. The van der Waals surface area contributed by atoms with Crippen LogP contribution >= 0.6 is 0 Å². The summed E-state index contributed by atoms with van der Waals surface area (Å²) in [4.78, 5) is 23.9. The largest absolute Gasteiger partial charge is 0.455 e. The number of carbonyl (C=O) groups is 2. The van der Waals surface area contributed by atoms with Crippen LogP contribution in [-0.4, -0.2) is 39.3 Å². The van der Waals surface area contributed by atoms with Crippen LogP contribution < -0.4 is 0 Å². The Morgan fingerprint density at radius 3 is 2.70 bits per heavy atom. The molecule has 5 atom stereocenters. The van der Waals surface area contributed by atoms with Gasteiger partial charge in [-0.15, -0.1) is 0 Å². The number of ether oxygens (including phenoxy) is 1. The minimum absolute atomic E-state index is 0.309. The summed E-state index contributed by atoms with van der Waals surface area (Å²) in [6.07, 6.45) is 1.27. The first-order valence-corrected chi connectivity index (χ1v) is 6.76. The third-order valence-electron chi connectivity index (χ3n) is 5.04. The zero-order chi connectivity index (χ0) is 14.9. The van der Waals surface area contributed by atoms with Crippen molar-refractivity contribution >= 4 is 11.8 Å². The van der Waals surface area contributed by atoms with Gasteiger partial charge in [0.1, 0.15) is 11.7 Å². The molecule has 0 unspecified atom stereocenters. The predicted molar refractivity (Wildman–Crippen MR) is 69.6 cm³/mol. The molecule has 1 heterocycles. The van der Waals surface area contributed by atoms with Crippen molar-refractivity contribution in [3.8, 4) is 0 Å². The van der Waals surface area contributed by atoms with E-state index in [4.69, 9.17) is 4.74 Å². The fraction of sp³-hybridized carbons (Fsp3) is 0.600. The molecule has 0 aromatic rings. The van der Waals surface area contributed by atoms with E-state index in [9.17, 15) is 19.8 Å². The first kappa shape index (κ1) is 13.5. The molecule has 5 nitrogen and oxygen atoms in total. The second kappa shape index (κ2) is 3.80. The van der Waals surface area contributed by atoms with Gasteiger partial charge in [0.25, 0.3) is 0 Å². The van der Waals surface area contributed by atoms with Crippen LogP contribution in [0.25, 0.3) is 0 Å². The van der Waals surface area contributed by atoms with Crippen LogP contribution in [0.1, 0.15) is 26.7 Å². The van der Waals surface area contributed by atoms with Crippen molar-refractivity contribution in [1.29, 1.82) is 0 Å². The summed E-state index contributed by atoms with van der Waals surface area (Å²) < 4.78 is 5.29. The van der Waals surface area contributed by atoms with Crippen LogP contribution in [0.2, 0.25) is 0 Å². The molecule has 0 radical (unpaired) electrons. The topological polar surface area (TPSA) is 83.8 Å². The maximum atomic E-state index is 12.2. The molecule has 0 spiro atoms. The highest BCUT2D eigenvalue weighted by molar-refractivity contribution is 5.99. The molecule has 2 fully saturated rings. The monoisotopic (exact) mass is 278 g/mol.